The van der Waals surface area contributed by atoms with Gasteiger partial charge in [-0.1, -0.05) is 13.5 Å². The molecule has 1 amide bonds. The van der Waals surface area contributed by atoms with Crippen LogP contribution in [-0.4, -0.2) is 37.0 Å². The van der Waals surface area contributed by atoms with E-state index in [2.05, 4.69) is 6.58 Å². The minimum atomic E-state index is -0.266. The first-order valence-corrected chi connectivity index (χ1v) is 5.05. The van der Waals surface area contributed by atoms with Crippen LogP contribution in [0.5, 0.6) is 0 Å². The third-order valence-electron chi connectivity index (χ3n) is 1.83. The number of hydrogen-bond acceptors (Lipinski definition) is 3. The van der Waals surface area contributed by atoms with E-state index < -0.39 is 0 Å². The Morgan fingerprint density at radius 1 is 1.40 bits per heavy atom. The highest BCUT2D eigenvalue weighted by atomic mass is 16.5. The minimum absolute atomic E-state index is 0.140. The second-order valence-electron chi connectivity index (χ2n) is 3.48. The first kappa shape index (κ1) is 13.7. The fraction of sp³-hybridized carbons (Fsp3) is 0.636. The summed E-state index contributed by atoms with van der Waals surface area (Å²) in [6.07, 6.45) is 1.04. The number of hydrogen-bond donors (Lipinski definition) is 0. The summed E-state index contributed by atoms with van der Waals surface area (Å²) in [6, 6.07) is 0. The van der Waals surface area contributed by atoms with Gasteiger partial charge in [0.1, 0.15) is 0 Å². The molecule has 0 aromatic carbocycles. The molecule has 86 valence electrons. The topological polar surface area (TPSA) is 46.6 Å². The Bertz CT molecular complexity index is 248. The maximum absolute atomic E-state index is 11.3. The maximum Gasteiger partial charge on any atom is 0.307 e. The molecule has 0 aromatic rings. The van der Waals surface area contributed by atoms with Crippen molar-refractivity contribution in [2.75, 3.05) is 20.2 Å². The predicted octanol–water partition coefficient (Wildman–Crippen LogP) is 1.36. The zero-order chi connectivity index (χ0) is 11.8. The zero-order valence-electron chi connectivity index (χ0n) is 9.71. The first-order valence-electron chi connectivity index (χ1n) is 5.05. The number of nitrogens with zero attached hydrogens (tertiary/aromatic N) is 1. The van der Waals surface area contributed by atoms with Crippen LogP contribution in [-0.2, 0) is 14.3 Å². The van der Waals surface area contributed by atoms with E-state index in [0.29, 0.717) is 18.7 Å². The SMILES string of the molecule is C=C(C)C(=O)N(C)CCC(=O)OCCC. The molecule has 4 nitrogen and oxygen atoms in total. The fourth-order valence-electron chi connectivity index (χ4n) is 0.974. The van der Waals surface area contributed by atoms with Crippen LogP contribution >= 0.6 is 0 Å². The van der Waals surface area contributed by atoms with Crippen molar-refractivity contribution in [1.82, 2.24) is 4.90 Å². The van der Waals surface area contributed by atoms with Crippen molar-refractivity contribution in [1.29, 1.82) is 0 Å². The van der Waals surface area contributed by atoms with E-state index in [0.717, 1.165) is 6.42 Å². The lowest BCUT2D eigenvalue weighted by Crippen LogP contribution is -2.29. The Labute approximate surface area is 90.9 Å². The van der Waals surface area contributed by atoms with Gasteiger partial charge in [-0.05, 0) is 13.3 Å². The van der Waals surface area contributed by atoms with Crippen LogP contribution in [0.15, 0.2) is 12.2 Å². The van der Waals surface area contributed by atoms with E-state index in [4.69, 9.17) is 4.74 Å². The van der Waals surface area contributed by atoms with Gasteiger partial charge >= 0.3 is 5.97 Å². The quantitative estimate of drug-likeness (QED) is 0.494. The molecule has 0 fully saturated rings. The number of carbonyl (C=O) groups excluding carboxylic acids is 2. The molecule has 4 heteroatoms. The molecule has 0 aliphatic carbocycles. The van der Waals surface area contributed by atoms with E-state index in [1.54, 1.807) is 14.0 Å². The zero-order valence-corrected chi connectivity index (χ0v) is 9.71. The van der Waals surface area contributed by atoms with Gasteiger partial charge in [0.05, 0.1) is 13.0 Å². The summed E-state index contributed by atoms with van der Waals surface area (Å²) < 4.78 is 4.88. The Hall–Kier alpha value is -1.32. The standard InChI is InChI=1S/C11H19NO3/c1-5-8-15-10(13)6-7-12(4)11(14)9(2)3/h2,5-8H2,1,3-4H3. The highest BCUT2D eigenvalue weighted by molar-refractivity contribution is 5.92. The van der Waals surface area contributed by atoms with Crippen LogP contribution in [0.1, 0.15) is 26.7 Å². The molecular weight excluding hydrogens is 194 g/mol. The van der Waals surface area contributed by atoms with E-state index in [1.165, 1.54) is 4.90 Å². The molecule has 0 rings (SSSR count). The third-order valence-corrected chi connectivity index (χ3v) is 1.83. The molecule has 0 atom stereocenters. The highest BCUT2D eigenvalue weighted by Gasteiger charge is 2.11. The summed E-state index contributed by atoms with van der Waals surface area (Å²) in [5, 5.41) is 0. The first-order chi connectivity index (χ1) is 6.99. The van der Waals surface area contributed by atoms with Gasteiger partial charge in [0.25, 0.3) is 0 Å². The van der Waals surface area contributed by atoms with E-state index in [9.17, 15) is 9.59 Å². The second kappa shape index (κ2) is 7.04. The number of rotatable bonds is 6. The van der Waals surface area contributed by atoms with Gasteiger partial charge < -0.3 is 9.64 Å². The number of likely N-dealkylation sites (N-methyl/N-ethyl adjacent to an activating group) is 1. The smallest absolute Gasteiger partial charge is 0.307 e. The van der Waals surface area contributed by atoms with Crippen molar-refractivity contribution in [3.05, 3.63) is 12.2 Å². The minimum Gasteiger partial charge on any atom is -0.466 e. The summed E-state index contributed by atoms with van der Waals surface area (Å²) >= 11 is 0. The van der Waals surface area contributed by atoms with E-state index >= 15 is 0 Å². The lowest BCUT2D eigenvalue weighted by atomic mass is 10.3. The van der Waals surface area contributed by atoms with E-state index in [-0.39, 0.29) is 18.3 Å². The van der Waals surface area contributed by atoms with Crippen LogP contribution in [0.2, 0.25) is 0 Å². The molecule has 0 unspecified atom stereocenters. The fourth-order valence-corrected chi connectivity index (χ4v) is 0.974. The number of carbonyl (C=O) groups is 2. The molecule has 0 saturated heterocycles. The molecule has 15 heavy (non-hydrogen) atoms. The number of esters is 1. The van der Waals surface area contributed by atoms with Crippen molar-refractivity contribution < 1.29 is 14.3 Å². The molecule has 0 N–H and O–H groups in total. The molecule has 0 radical (unpaired) electrons. The molecular formula is C11H19NO3. The second-order valence-corrected chi connectivity index (χ2v) is 3.48. The lowest BCUT2D eigenvalue weighted by molar-refractivity contribution is -0.144. The van der Waals surface area contributed by atoms with Crippen molar-refractivity contribution >= 4 is 11.9 Å². The summed E-state index contributed by atoms with van der Waals surface area (Å²) in [5.74, 6) is -0.406. The van der Waals surface area contributed by atoms with Crippen LogP contribution in [0.3, 0.4) is 0 Å². The molecule has 0 bridgehead atoms. The van der Waals surface area contributed by atoms with Gasteiger partial charge in [-0.3, -0.25) is 9.59 Å². The highest BCUT2D eigenvalue weighted by Crippen LogP contribution is 1.98. The van der Waals surface area contributed by atoms with Crippen molar-refractivity contribution in [2.45, 2.75) is 26.7 Å². The average Bonchev–Trinajstić information content (AvgIpc) is 2.21. The molecule has 0 spiro atoms. The van der Waals surface area contributed by atoms with E-state index in [1.807, 2.05) is 6.92 Å². The molecule has 0 aliphatic rings. The van der Waals surface area contributed by atoms with Crippen molar-refractivity contribution in [3.63, 3.8) is 0 Å². The molecule has 0 aromatic heterocycles. The monoisotopic (exact) mass is 213 g/mol. The van der Waals surface area contributed by atoms with Crippen LogP contribution < -0.4 is 0 Å². The predicted molar refractivity (Wildman–Crippen MR) is 58.3 cm³/mol. The maximum atomic E-state index is 11.3. The van der Waals surface area contributed by atoms with Crippen molar-refractivity contribution in [2.24, 2.45) is 0 Å². The molecule has 0 saturated carbocycles. The van der Waals surface area contributed by atoms with Gasteiger partial charge in [0, 0.05) is 19.2 Å². The van der Waals surface area contributed by atoms with Gasteiger partial charge in [-0.25, -0.2) is 0 Å². The van der Waals surface area contributed by atoms with Crippen LogP contribution in [0.25, 0.3) is 0 Å². The van der Waals surface area contributed by atoms with Crippen LogP contribution in [0, 0.1) is 0 Å². The average molecular weight is 213 g/mol. The molecule has 0 aliphatic heterocycles. The van der Waals surface area contributed by atoms with Gasteiger partial charge in [-0.15, -0.1) is 0 Å². The third kappa shape index (κ3) is 5.88. The number of amides is 1. The van der Waals surface area contributed by atoms with Gasteiger partial charge in [-0.2, -0.15) is 0 Å². The Balaban J connectivity index is 3.80. The Morgan fingerprint density at radius 3 is 2.47 bits per heavy atom. The van der Waals surface area contributed by atoms with Crippen LogP contribution in [0.4, 0.5) is 0 Å². The largest absolute Gasteiger partial charge is 0.466 e. The lowest BCUT2D eigenvalue weighted by Gasteiger charge is -2.16. The Kier molecular flexibility index (Phi) is 6.42. The summed E-state index contributed by atoms with van der Waals surface area (Å²) in [5.41, 5.74) is 0.472. The number of ether oxygens (including phenoxy) is 1. The summed E-state index contributed by atoms with van der Waals surface area (Å²) in [7, 11) is 1.64. The Morgan fingerprint density at radius 2 is 2.00 bits per heavy atom. The summed E-state index contributed by atoms with van der Waals surface area (Å²) in [4.78, 5) is 23.9. The normalized spacial score (nSPS) is 9.53. The van der Waals surface area contributed by atoms with Gasteiger partial charge in [0.2, 0.25) is 5.91 Å². The van der Waals surface area contributed by atoms with Gasteiger partial charge in [0.15, 0.2) is 0 Å². The summed E-state index contributed by atoms with van der Waals surface area (Å²) in [6.45, 7) is 7.94. The van der Waals surface area contributed by atoms with Crippen molar-refractivity contribution in [3.8, 4) is 0 Å². The molecule has 0 heterocycles.